The van der Waals surface area contributed by atoms with Crippen LogP contribution in [0, 0.1) is 0 Å². The van der Waals surface area contributed by atoms with E-state index in [2.05, 4.69) is 133 Å². The van der Waals surface area contributed by atoms with Crippen LogP contribution < -0.4 is 5.32 Å². The van der Waals surface area contributed by atoms with Crippen molar-refractivity contribution in [2.75, 3.05) is 0 Å². The van der Waals surface area contributed by atoms with Crippen molar-refractivity contribution in [2.24, 2.45) is 9.98 Å². The number of aromatic nitrogens is 3. The molecule has 2 unspecified atom stereocenters. The van der Waals surface area contributed by atoms with Crippen LogP contribution in [0.15, 0.2) is 215 Å². The molecule has 2 aliphatic rings. The lowest BCUT2D eigenvalue weighted by Gasteiger charge is -2.24. The molecule has 7 aromatic carbocycles. The molecule has 0 radical (unpaired) electrons. The molecule has 11 rings (SSSR count). The highest BCUT2D eigenvalue weighted by molar-refractivity contribution is 6.15. The molecular weight excluding hydrogens is 749 g/mol. The van der Waals surface area contributed by atoms with Gasteiger partial charge in [-0.1, -0.05) is 164 Å². The van der Waals surface area contributed by atoms with Crippen molar-refractivity contribution in [1.82, 2.24) is 20.3 Å². The zero-order valence-electron chi connectivity index (χ0n) is 33.1. The lowest BCUT2D eigenvalue weighted by molar-refractivity contribution is 0.667. The lowest BCUT2D eigenvalue weighted by atomic mass is 9.91. The first-order valence-corrected chi connectivity index (χ1v) is 20.5. The van der Waals surface area contributed by atoms with Gasteiger partial charge in [-0.05, 0) is 65.1 Å². The minimum absolute atomic E-state index is 0.317. The summed E-state index contributed by atoms with van der Waals surface area (Å²) in [6.07, 6.45) is 9.32. The Morgan fingerprint density at radius 3 is 1.84 bits per heavy atom. The van der Waals surface area contributed by atoms with E-state index in [1.165, 1.54) is 5.56 Å². The van der Waals surface area contributed by atoms with Crippen LogP contribution in [0.2, 0.25) is 0 Å². The van der Waals surface area contributed by atoms with E-state index in [-0.39, 0.29) is 6.17 Å². The second-order valence-electron chi connectivity index (χ2n) is 15.3. The van der Waals surface area contributed by atoms with Gasteiger partial charge in [-0.3, -0.25) is 0 Å². The summed E-state index contributed by atoms with van der Waals surface area (Å²) in [4.78, 5) is 25.5. The Hall–Kier alpha value is -8.03. The number of para-hydroxylation sites is 1. The van der Waals surface area contributed by atoms with Gasteiger partial charge in [0.25, 0.3) is 0 Å². The summed E-state index contributed by atoms with van der Waals surface area (Å²) in [7, 11) is 0. The van der Waals surface area contributed by atoms with E-state index in [1.807, 2.05) is 72.8 Å². The normalized spacial score (nSPS) is 16.0. The monoisotopic (exact) mass is 786 g/mol. The highest BCUT2D eigenvalue weighted by atomic mass is 16.3. The summed E-state index contributed by atoms with van der Waals surface area (Å²) >= 11 is 0. The third-order valence-electron chi connectivity index (χ3n) is 11.3. The molecular formula is C54H38N6O. The first-order valence-electron chi connectivity index (χ1n) is 20.5. The predicted octanol–water partition coefficient (Wildman–Crippen LogP) is 12.5. The van der Waals surface area contributed by atoms with Gasteiger partial charge in [-0.2, -0.15) is 0 Å². The number of hydrogen-bond acceptors (Lipinski definition) is 7. The van der Waals surface area contributed by atoms with Crippen LogP contribution in [0.1, 0.15) is 40.8 Å². The standard InChI is InChI=1S/C54H38N6O/c1-4-15-35(16-5-1)38-21-12-24-41(31-38)51-55-49(36-17-6-2-7-18-36)56-52(59-51)42-25-13-22-39(32-42)40-23-14-26-43(33-40)53-57-50(37-19-8-3-9-20-37)58-54(60-53)44-29-30-46-45-27-10-11-28-47(45)61-48(46)34-44/h1-15,17-35,50H,16H2,(H,57,58,60). The van der Waals surface area contributed by atoms with Crippen LogP contribution in [0.3, 0.4) is 0 Å². The zero-order chi connectivity index (χ0) is 40.5. The molecule has 1 aliphatic heterocycles. The van der Waals surface area contributed by atoms with E-state index in [0.29, 0.717) is 29.2 Å². The van der Waals surface area contributed by atoms with Gasteiger partial charge in [0.05, 0.1) is 0 Å². The van der Waals surface area contributed by atoms with Gasteiger partial charge in [-0.25, -0.2) is 24.9 Å². The molecule has 2 atom stereocenters. The minimum Gasteiger partial charge on any atom is -0.456 e. The van der Waals surface area contributed by atoms with E-state index < -0.39 is 0 Å². The van der Waals surface area contributed by atoms with E-state index in [1.54, 1.807) is 0 Å². The largest absolute Gasteiger partial charge is 0.456 e. The van der Waals surface area contributed by atoms with Crippen molar-refractivity contribution < 1.29 is 4.42 Å². The van der Waals surface area contributed by atoms with Gasteiger partial charge in [-0.15, -0.1) is 0 Å². The van der Waals surface area contributed by atoms with E-state index >= 15 is 0 Å². The maximum absolute atomic E-state index is 6.26. The molecule has 7 heteroatoms. The molecule has 0 saturated heterocycles. The van der Waals surface area contributed by atoms with Crippen molar-refractivity contribution in [3.8, 4) is 45.3 Å². The molecule has 0 fully saturated rings. The molecule has 0 amide bonds. The summed E-state index contributed by atoms with van der Waals surface area (Å²) in [5.74, 6) is 3.56. The van der Waals surface area contributed by atoms with Crippen molar-refractivity contribution in [1.29, 1.82) is 0 Å². The highest BCUT2D eigenvalue weighted by Gasteiger charge is 2.22. The van der Waals surface area contributed by atoms with E-state index in [0.717, 1.165) is 78.7 Å². The van der Waals surface area contributed by atoms with Crippen LogP contribution in [0.25, 0.3) is 67.2 Å². The molecule has 61 heavy (non-hydrogen) atoms. The van der Waals surface area contributed by atoms with Crippen molar-refractivity contribution in [2.45, 2.75) is 18.5 Å². The van der Waals surface area contributed by atoms with Crippen molar-refractivity contribution >= 4 is 33.6 Å². The fourth-order valence-electron chi connectivity index (χ4n) is 8.17. The molecule has 290 valence electrons. The second-order valence-corrected chi connectivity index (χ2v) is 15.3. The van der Waals surface area contributed by atoms with Gasteiger partial charge in [0.1, 0.15) is 23.2 Å². The van der Waals surface area contributed by atoms with E-state index in [9.17, 15) is 0 Å². The summed E-state index contributed by atoms with van der Waals surface area (Å²) in [6, 6.07) is 60.1. The number of nitrogens with zero attached hydrogens (tertiary/aromatic N) is 5. The smallest absolute Gasteiger partial charge is 0.164 e. The molecule has 0 saturated carbocycles. The highest BCUT2D eigenvalue weighted by Crippen LogP contribution is 2.33. The van der Waals surface area contributed by atoms with Crippen LogP contribution in [-0.2, 0) is 0 Å². The van der Waals surface area contributed by atoms with Crippen LogP contribution >= 0.6 is 0 Å². The number of fused-ring (bicyclic) bond motifs is 3. The Kier molecular flexibility index (Phi) is 9.24. The van der Waals surface area contributed by atoms with Gasteiger partial charge in [0.15, 0.2) is 23.3 Å². The first-order chi connectivity index (χ1) is 30.2. The van der Waals surface area contributed by atoms with Crippen LogP contribution in [0.4, 0.5) is 0 Å². The number of furan rings is 1. The number of benzene rings is 7. The summed E-state index contributed by atoms with van der Waals surface area (Å²) in [5.41, 5.74) is 10.6. The van der Waals surface area contributed by atoms with Gasteiger partial charge >= 0.3 is 0 Å². The molecule has 9 aromatic rings. The Bertz CT molecular complexity index is 3220. The predicted molar refractivity (Wildman–Crippen MR) is 246 cm³/mol. The number of rotatable bonds is 8. The molecule has 1 aliphatic carbocycles. The van der Waals surface area contributed by atoms with Crippen molar-refractivity contribution in [3.63, 3.8) is 0 Å². The Balaban J connectivity index is 0.961. The third kappa shape index (κ3) is 7.23. The fraction of sp³-hybridized carbons (Fsp3) is 0.0556. The number of allylic oxidation sites excluding steroid dienone is 4. The quantitative estimate of drug-likeness (QED) is 0.166. The second kappa shape index (κ2) is 15.6. The number of hydrogen-bond donors (Lipinski definition) is 1. The topological polar surface area (TPSA) is 88.6 Å². The molecule has 0 spiro atoms. The number of amidine groups is 2. The van der Waals surface area contributed by atoms with Gasteiger partial charge in [0, 0.05) is 44.5 Å². The van der Waals surface area contributed by atoms with Crippen LogP contribution in [-0.4, -0.2) is 26.6 Å². The summed E-state index contributed by atoms with van der Waals surface area (Å²) < 4.78 is 6.26. The van der Waals surface area contributed by atoms with Gasteiger partial charge < -0.3 is 9.73 Å². The average Bonchev–Trinajstić information content (AvgIpc) is 3.73. The summed E-state index contributed by atoms with van der Waals surface area (Å²) in [5, 5.41) is 5.79. The maximum atomic E-state index is 6.26. The first kappa shape index (κ1) is 36.1. The molecule has 0 bridgehead atoms. The maximum Gasteiger partial charge on any atom is 0.164 e. The molecule has 1 N–H and O–H groups in total. The molecule has 2 aromatic heterocycles. The molecule has 7 nitrogen and oxygen atoms in total. The van der Waals surface area contributed by atoms with Crippen LogP contribution in [0.5, 0.6) is 0 Å². The summed E-state index contributed by atoms with van der Waals surface area (Å²) in [6.45, 7) is 0. The Labute approximate surface area is 353 Å². The zero-order valence-corrected chi connectivity index (χ0v) is 33.1. The van der Waals surface area contributed by atoms with Gasteiger partial charge in [0.2, 0.25) is 0 Å². The third-order valence-corrected chi connectivity index (χ3v) is 11.3. The minimum atomic E-state index is -0.337. The number of nitrogens with one attached hydrogen (secondary N) is 1. The van der Waals surface area contributed by atoms with E-state index in [4.69, 9.17) is 29.4 Å². The Morgan fingerprint density at radius 2 is 1.07 bits per heavy atom. The average molecular weight is 787 g/mol. The number of aliphatic imine (C=N–C) groups is 2. The van der Waals surface area contributed by atoms with Crippen molar-refractivity contribution in [3.05, 3.63) is 222 Å². The fourth-order valence-corrected chi connectivity index (χ4v) is 8.17. The lowest BCUT2D eigenvalue weighted by Crippen LogP contribution is -2.33. The SMILES string of the molecule is C1=CCC(c2cccc(-c3nc(-c4ccccc4)nc(-c4cccc(-c5cccc(C6=NC(c7ccc8c(c7)oc7ccccc78)=NC(c7ccccc7)N6)c5)c4)n3)c2)C=C1. The Morgan fingerprint density at radius 1 is 0.459 bits per heavy atom. The molecule has 3 heterocycles.